The highest BCUT2D eigenvalue weighted by Gasteiger charge is 2.57. The average Bonchev–Trinajstić information content (AvgIpc) is 3.46. The van der Waals surface area contributed by atoms with Crippen LogP contribution in [0.25, 0.3) is 0 Å². The number of benzene rings is 3. The Morgan fingerprint density at radius 2 is 1.57 bits per heavy atom. The van der Waals surface area contributed by atoms with Crippen molar-refractivity contribution in [1.29, 1.82) is 0 Å². The van der Waals surface area contributed by atoms with Gasteiger partial charge in [-0.05, 0) is 52.9 Å². The van der Waals surface area contributed by atoms with Gasteiger partial charge in [0.05, 0.1) is 35.0 Å². The summed E-state index contributed by atoms with van der Waals surface area (Å²) in [6.45, 7) is 5.64. The molecule has 13 heteroatoms. The number of carbonyl (C=O) groups is 3. The van der Waals surface area contributed by atoms with E-state index in [9.17, 15) is 32.3 Å². The maximum Gasteiger partial charge on any atom is 0.418 e. The van der Waals surface area contributed by atoms with Gasteiger partial charge in [-0.1, -0.05) is 80.3 Å². The summed E-state index contributed by atoms with van der Waals surface area (Å²) in [5, 5.41) is 1.71. The molecule has 1 fully saturated rings. The molecule has 6 rings (SSSR count). The predicted molar refractivity (Wildman–Crippen MR) is 174 cm³/mol. The number of nitrogens with zero attached hydrogens (tertiary/aromatic N) is 2. The molecule has 0 radical (unpaired) electrons. The van der Waals surface area contributed by atoms with Gasteiger partial charge in [0.1, 0.15) is 17.5 Å². The lowest BCUT2D eigenvalue weighted by atomic mass is 9.81. The summed E-state index contributed by atoms with van der Waals surface area (Å²) >= 11 is 1.90. The number of methoxy groups -OCH3 is 1. The number of hydrogen-bond acceptors (Lipinski definition) is 7. The molecule has 3 amide bonds. The van der Waals surface area contributed by atoms with Gasteiger partial charge in [0.15, 0.2) is 0 Å². The van der Waals surface area contributed by atoms with Crippen LogP contribution in [0.2, 0.25) is 0 Å². The maximum absolute atomic E-state index is 14.1. The van der Waals surface area contributed by atoms with Crippen molar-refractivity contribution in [1.82, 2.24) is 4.57 Å². The zero-order valence-electron chi connectivity index (χ0n) is 25.8. The van der Waals surface area contributed by atoms with Gasteiger partial charge in [-0.15, -0.1) is 0 Å². The number of amides is 3. The number of halogens is 3. The van der Waals surface area contributed by atoms with Crippen LogP contribution in [0.4, 0.5) is 24.5 Å². The third kappa shape index (κ3) is 5.98. The van der Waals surface area contributed by atoms with Gasteiger partial charge in [-0.2, -0.15) is 13.2 Å². The van der Waals surface area contributed by atoms with E-state index in [1.165, 1.54) is 23.8 Å². The number of alkyl halides is 3. The summed E-state index contributed by atoms with van der Waals surface area (Å²) in [7, 11) is 1.51. The molecule has 0 bridgehead atoms. The second-order valence-electron chi connectivity index (χ2n) is 12.3. The fourth-order valence-corrected chi connectivity index (χ4v) is 8.74. The number of imide groups is 1. The molecule has 3 heterocycles. The lowest BCUT2D eigenvalue weighted by Crippen LogP contribution is -2.33. The third-order valence-electron chi connectivity index (χ3n) is 8.32. The second kappa shape index (κ2) is 12.0. The molecule has 0 spiro atoms. The fraction of sp³-hybridized carbons (Fsp3) is 0.294. The van der Waals surface area contributed by atoms with Crippen LogP contribution in [0, 0.1) is 5.92 Å². The minimum atomic E-state index is -4.70. The van der Waals surface area contributed by atoms with E-state index >= 15 is 0 Å². The zero-order chi connectivity index (χ0) is 33.8. The molecule has 3 aromatic carbocycles. The van der Waals surface area contributed by atoms with Crippen molar-refractivity contribution in [3.63, 3.8) is 0 Å². The largest absolute Gasteiger partial charge is 0.497 e. The summed E-state index contributed by atoms with van der Waals surface area (Å²) in [5.41, 5.74) is 0.561. The van der Waals surface area contributed by atoms with Gasteiger partial charge in [0.2, 0.25) is 17.7 Å². The first-order valence-corrected chi connectivity index (χ1v) is 16.4. The van der Waals surface area contributed by atoms with Crippen LogP contribution in [0.3, 0.4) is 0 Å². The van der Waals surface area contributed by atoms with Gasteiger partial charge in [0, 0.05) is 10.8 Å². The summed E-state index contributed by atoms with van der Waals surface area (Å²) in [5.74, 6) is -2.70. The zero-order valence-corrected chi connectivity index (χ0v) is 27.4. The Labute approximate surface area is 276 Å². The molecular weight excluding hydrogens is 652 g/mol. The molecule has 47 heavy (non-hydrogen) atoms. The molecule has 0 aliphatic carbocycles. The summed E-state index contributed by atoms with van der Waals surface area (Å²) < 4.78 is 47.1. The molecule has 0 saturated carbocycles. The molecule has 2 unspecified atom stereocenters. The number of para-hydroxylation sites is 1. The number of hydrogen-bond donors (Lipinski definition) is 1. The molecule has 4 aromatic rings. The fourth-order valence-electron chi connectivity index (χ4n) is 5.96. The number of thiazole rings is 1. The van der Waals surface area contributed by atoms with Gasteiger partial charge in [-0.25, -0.2) is 4.90 Å². The summed E-state index contributed by atoms with van der Waals surface area (Å²) in [6.07, 6.45) is -4.70. The third-order valence-corrected chi connectivity index (χ3v) is 10.9. The molecule has 1 saturated heterocycles. The minimum absolute atomic E-state index is 0.148. The monoisotopic (exact) mass is 681 g/mol. The highest BCUT2D eigenvalue weighted by atomic mass is 32.2. The molecule has 3 atom stereocenters. The highest BCUT2D eigenvalue weighted by Crippen LogP contribution is 2.54. The Kier molecular flexibility index (Phi) is 8.33. The van der Waals surface area contributed by atoms with Crippen molar-refractivity contribution in [2.45, 2.75) is 55.1 Å². The van der Waals surface area contributed by atoms with Gasteiger partial charge < -0.3 is 10.1 Å². The molecular formula is C34H30F3N3O5S2. The van der Waals surface area contributed by atoms with Crippen LogP contribution in [0.15, 0.2) is 82.6 Å². The Balaban J connectivity index is 1.40. The first-order chi connectivity index (χ1) is 22.2. The molecule has 244 valence electrons. The number of fused-ring (bicyclic) bond motifs is 2. The number of rotatable bonds is 6. The van der Waals surface area contributed by atoms with Crippen LogP contribution in [0.1, 0.15) is 48.3 Å². The van der Waals surface area contributed by atoms with E-state index in [1.807, 2.05) is 24.3 Å². The average molecular weight is 682 g/mol. The topological polar surface area (TPSA) is 97.7 Å². The van der Waals surface area contributed by atoms with Gasteiger partial charge >= 0.3 is 11.0 Å². The van der Waals surface area contributed by atoms with Crippen molar-refractivity contribution in [3.05, 3.63) is 104 Å². The lowest BCUT2D eigenvalue weighted by molar-refractivity contribution is -0.137. The van der Waals surface area contributed by atoms with Crippen molar-refractivity contribution < 1.29 is 32.3 Å². The maximum atomic E-state index is 14.1. The number of thioether (sulfide) groups is 1. The molecule has 1 N–H and O–H groups in total. The van der Waals surface area contributed by atoms with Crippen LogP contribution in [-0.2, 0) is 32.5 Å². The van der Waals surface area contributed by atoms with E-state index in [-0.39, 0.29) is 5.41 Å². The standard InChI is InChI=1S/C34H30F3N3O5S2/c1-33(2,3)19-11-9-18(10-12-19)25-26-27(30(43)40(29(26)42)20-13-15-21(45-4)16-14-20)46-31-28(25)47-32(44)39(31)17-24(41)38-23-8-6-5-7-22(23)34(35,36)37/h5-16,25-27H,17H2,1-4H3,(H,38,41)/t25-,26?,27?/m1/s1. The van der Waals surface area contributed by atoms with E-state index in [4.69, 9.17) is 4.74 Å². The number of nitrogens with one attached hydrogen (secondary N) is 1. The van der Waals surface area contributed by atoms with Crippen molar-refractivity contribution in [3.8, 4) is 5.75 Å². The van der Waals surface area contributed by atoms with Crippen LogP contribution in [0.5, 0.6) is 5.75 Å². The van der Waals surface area contributed by atoms with Crippen LogP contribution >= 0.6 is 23.1 Å². The Hall–Kier alpha value is -4.36. The van der Waals surface area contributed by atoms with Gasteiger partial charge in [0.25, 0.3) is 0 Å². The number of ether oxygens (including phenoxy) is 1. The molecule has 2 aliphatic rings. The Morgan fingerprint density at radius 1 is 0.915 bits per heavy atom. The minimum Gasteiger partial charge on any atom is -0.497 e. The van der Waals surface area contributed by atoms with Crippen molar-refractivity contribution in [2.24, 2.45) is 5.92 Å². The lowest BCUT2D eigenvalue weighted by Gasteiger charge is -2.31. The first kappa shape index (κ1) is 32.6. The number of carbonyl (C=O) groups excluding carboxylic acids is 3. The molecule has 8 nitrogen and oxygen atoms in total. The van der Waals surface area contributed by atoms with Crippen molar-refractivity contribution >= 4 is 52.2 Å². The Bertz CT molecular complexity index is 1930. The molecule has 1 aromatic heterocycles. The smallest absolute Gasteiger partial charge is 0.418 e. The SMILES string of the molecule is COc1ccc(N2C(=O)C3Sc4c(sc(=O)n4CC(=O)Nc4ccccc4C(F)(F)F)[C@H](c4ccc(C(C)(C)C)cc4)C3C2=O)cc1. The quantitative estimate of drug-likeness (QED) is 0.229. The van der Waals surface area contributed by atoms with E-state index in [2.05, 4.69) is 26.1 Å². The summed E-state index contributed by atoms with van der Waals surface area (Å²) in [4.78, 5) is 55.8. The Morgan fingerprint density at radius 3 is 2.19 bits per heavy atom. The van der Waals surface area contributed by atoms with E-state index in [0.29, 0.717) is 21.3 Å². The highest BCUT2D eigenvalue weighted by molar-refractivity contribution is 8.00. The normalized spacial score (nSPS) is 19.4. The first-order valence-electron chi connectivity index (χ1n) is 14.7. The predicted octanol–water partition coefficient (Wildman–Crippen LogP) is 6.67. The van der Waals surface area contributed by atoms with E-state index in [0.717, 1.165) is 51.3 Å². The van der Waals surface area contributed by atoms with Crippen molar-refractivity contribution in [2.75, 3.05) is 17.3 Å². The van der Waals surface area contributed by atoms with E-state index < -0.39 is 63.7 Å². The summed E-state index contributed by atoms with van der Waals surface area (Å²) in [6, 6.07) is 18.8. The van der Waals surface area contributed by atoms with Crippen LogP contribution in [-0.4, -0.2) is 34.6 Å². The number of anilines is 2. The number of aromatic nitrogens is 1. The van der Waals surface area contributed by atoms with Gasteiger partial charge in [-0.3, -0.25) is 23.7 Å². The van der Waals surface area contributed by atoms with Crippen LogP contribution < -0.4 is 19.8 Å². The second-order valence-corrected chi connectivity index (χ2v) is 14.5. The van der Waals surface area contributed by atoms with E-state index in [1.54, 1.807) is 24.3 Å². The molecule has 2 aliphatic heterocycles.